The molecule has 1 aliphatic heterocycles. The molecule has 0 radical (unpaired) electrons. The molecule has 3 aromatic carbocycles. The Morgan fingerprint density at radius 3 is 2.40 bits per heavy atom. The van der Waals surface area contributed by atoms with E-state index in [1.54, 1.807) is 6.07 Å². The lowest BCUT2D eigenvalue weighted by molar-refractivity contribution is 0.0601. The number of anilines is 1. The van der Waals surface area contributed by atoms with Gasteiger partial charge in [0.1, 0.15) is 11.9 Å². The highest BCUT2D eigenvalue weighted by Crippen LogP contribution is 2.37. The minimum absolute atomic E-state index is 0.0154. The summed E-state index contributed by atoms with van der Waals surface area (Å²) < 4.78 is 11.0. The van der Waals surface area contributed by atoms with Crippen molar-refractivity contribution >= 4 is 23.3 Å². The number of carbonyl (C=O) groups is 1. The number of aliphatic hydroxyl groups is 1. The van der Waals surface area contributed by atoms with Crippen LogP contribution in [0.2, 0.25) is 5.02 Å². The van der Waals surface area contributed by atoms with Crippen LogP contribution in [0.5, 0.6) is 5.75 Å². The minimum Gasteiger partial charge on any atom is -0.487 e. The summed E-state index contributed by atoms with van der Waals surface area (Å²) in [4.78, 5) is 14.6. The number of rotatable bonds is 6. The molecule has 1 heterocycles. The number of carbonyl (C=O) groups excluding carboxylic acids is 1. The van der Waals surface area contributed by atoms with Gasteiger partial charge >= 0.3 is 5.97 Å². The number of benzene rings is 3. The van der Waals surface area contributed by atoms with E-state index in [4.69, 9.17) is 26.2 Å². The van der Waals surface area contributed by atoms with Gasteiger partial charge in [0.15, 0.2) is 0 Å². The molecule has 0 spiro atoms. The Morgan fingerprint density at radius 2 is 1.77 bits per heavy atom. The molecule has 5 nitrogen and oxygen atoms in total. The zero-order valence-corrected chi connectivity index (χ0v) is 17.3. The number of hydrogen-bond donors (Lipinski definition) is 1. The Kier molecular flexibility index (Phi) is 5.93. The first kappa shape index (κ1) is 20.3. The van der Waals surface area contributed by atoms with E-state index in [0.29, 0.717) is 23.7 Å². The van der Waals surface area contributed by atoms with Crippen molar-refractivity contribution in [3.05, 3.63) is 82.9 Å². The second kappa shape index (κ2) is 8.78. The van der Waals surface area contributed by atoms with Crippen LogP contribution in [0, 0.1) is 0 Å². The SMILES string of the molecule is COC(=O)c1cccc(N2CC(Oc3ccc(CO)cc3)C2)c1-c1ccc(Cl)cc1. The van der Waals surface area contributed by atoms with Crippen molar-refractivity contribution in [2.45, 2.75) is 12.7 Å². The first-order valence-corrected chi connectivity index (χ1v) is 10.1. The van der Waals surface area contributed by atoms with Crippen molar-refractivity contribution in [2.75, 3.05) is 25.1 Å². The summed E-state index contributed by atoms with van der Waals surface area (Å²) in [6, 6.07) is 20.5. The van der Waals surface area contributed by atoms with E-state index in [0.717, 1.165) is 28.1 Å². The van der Waals surface area contributed by atoms with Crippen LogP contribution in [0.1, 0.15) is 15.9 Å². The number of halogens is 1. The largest absolute Gasteiger partial charge is 0.487 e. The van der Waals surface area contributed by atoms with Crippen LogP contribution in [0.15, 0.2) is 66.7 Å². The van der Waals surface area contributed by atoms with Crippen molar-refractivity contribution in [3.8, 4) is 16.9 Å². The third-order valence-corrected chi connectivity index (χ3v) is 5.43. The third-order valence-electron chi connectivity index (χ3n) is 5.18. The number of methoxy groups -OCH3 is 1. The van der Waals surface area contributed by atoms with Crippen LogP contribution < -0.4 is 9.64 Å². The van der Waals surface area contributed by atoms with Crippen LogP contribution in [0.25, 0.3) is 11.1 Å². The van der Waals surface area contributed by atoms with Gasteiger partial charge in [0.25, 0.3) is 0 Å². The number of hydrogen-bond acceptors (Lipinski definition) is 5. The molecule has 0 unspecified atom stereocenters. The average Bonchev–Trinajstić information content (AvgIpc) is 2.76. The Labute approximate surface area is 180 Å². The molecule has 0 aliphatic carbocycles. The van der Waals surface area contributed by atoms with Crippen molar-refractivity contribution in [2.24, 2.45) is 0 Å². The molecule has 0 aromatic heterocycles. The summed E-state index contributed by atoms with van der Waals surface area (Å²) in [6.45, 7) is 1.42. The highest BCUT2D eigenvalue weighted by molar-refractivity contribution is 6.30. The molecular weight excluding hydrogens is 402 g/mol. The van der Waals surface area contributed by atoms with Gasteiger partial charge < -0.3 is 19.5 Å². The second-order valence-electron chi connectivity index (χ2n) is 7.15. The van der Waals surface area contributed by atoms with E-state index in [-0.39, 0.29) is 18.7 Å². The van der Waals surface area contributed by atoms with E-state index in [2.05, 4.69) is 4.90 Å². The summed E-state index contributed by atoms with van der Waals surface area (Å²) in [5, 5.41) is 9.79. The molecule has 0 amide bonds. The maximum Gasteiger partial charge on any atom is 0.338 e. The van der Waals surface area contributed by atoms with Gasteiger partial charge in [0.2, 0.25) is 0 Å². The minimum atomic E-state index is -0.376. The fourth-order valence-electron chi connectivity index (χ4n) is 3.58. The molecule has 6 heteroatoms. The molecule has 1 aliphatic rings. The summed E-state index contributed by atoms with van der Waals surface area (Å²) in [6.07, 6.45) is 0.0461. The molecule has 0 atom stereocenters. The molecule has 30 heavy (non-hydrogen) atoms. The lowest BCUT2D eigenvalue weighted by Gasteiger charge is -2.41. The smallest absolute Gasteiger partial charge is 0.338 e. The number of aliphatic hydroxyl groups excluding tert-OH is 1. The molecule has 0 saturated carbocycles. The fourth-order valence-corrected chi connectivity index (χ4v) is 3.70. The van der Waals surface area contributed by atoms with Gasteiger partial charge in [-0.3, -0.25) is 0 Å². The molecule has 1 saturated heterocycles. The lowest BCUT2D eigenvalue weighted by Crippen LogP contribution is -2.54. The van der Waals surface area contributed by atoms with Gasteiger partial charge in [0.05, 0.1) is 32.4 Å². The third kappa shape index (κ3) is 4.13. The topological polar surface area (TPSA) is 59.0 Å². The molecule has 0 bridgehead atoms. The zero-order chi connectivity index (χ0) is 21.1. The standard InChI is InChI=1S/C24H22ClNO4/c1-29-24(28)21-3-2-4-22(23(21)17-7-9-18(25)10-8-17)26-13-20(14-26)30-19-11-5-16(15-27)6-12-19/h2-12,20,27H,13-15H2,1H3. The van der Waals surface area contributed by atoms with Crippen molar-refractivity contribution < 1.29 is 19.4 Å². The van der Waals surface area contributed by atoms with Crippen LogP contribution >= 0.6 is 11.6 Å². The van der Waals surface area contributed by atoms with Crippen LogP contribution in [-0.4, -0.2) is 37.4 Å². The van der Waals surface area contributed by atoms with Gasteiger partial charge in [-0.05, 0) is 47.5 Å². The van der Waals surface area contributed by atoms with Crippen molar-refractivity contribution in [3.63, 3.8) is 0 Å². The van der Waals surface area contributed by atoms with Gasteiger partial charge in [0, 0.05) is 16.3 Å². The summed E-state index contributed by atoms with van der Waals surface area (Å²) in [5.41, 5.74) is 4.05. The first-order valence-electron chi connectivity index (χ1n) is 9.67. The molecule has 1 fully saturated rings. The highest BCUT2D eigenvalue weighted by atomic mass is 35.5. The second-order valence-corrected chi connectivity index (χ2v) is 7.58. The quantitative estimate of drug-likeness (QED) is 0.589. The molecule has 1 N–H and O–H groups in total. The van der Waals surface area contributed by atoms with Gasteiger partial charge in [-0.15, -0.1) is 0 Å². The number of esters is 1. The van der Waals surface area contributed by atoms with E-state index in [1.165, 1.54) is 7.11 Å². The Morgan fingerprint density at radius 1 is 1.07 bits per heavy atom. The average molecular weight is 424 g/mol. The normalized spacial score (nSPS) is 13.6. The molecular formula is C24H22ClNO4. The molecule has 154 valence electrons. The predicted octanol–water partition coefficient (Wildman–Crippen LogP) is 4.55. The summed E-state index contributed by atoms with van der Waals surface area (Å²) >= 11 is 6.05. The lowest BCUT2D eigenvalue weighted by atomic mass is 9.95. The van der Waals surface area contributed by atoms with E-state index < -0.39 is 0 Å². The van der Waals surface area contributed by atoms with Gasteiger partial charge in [-0.1, -0.05) is 41.9 Å². The maximum atomic E-state index is 12.4. The van der Waals surface area contributed by atoms with Crippen LogP contribution in [0.4, 0.5) is 5.69 Å². The van der Waals surface area contributed by atoms with Crippen molar-refractivity contribution in [1.82, 2.24) is 0 Å². The van der Waals surface area contributed by atoms with E-state index in [9.17, 15) is 4.79 Å². The maximum absolute atomic E-state index is 12.4. The van der Waals surface area contributed by atoms with E-state index >= 15 is 0 Å². The summed E-state index contributed by atoms with van der Waals surface area (Å²) in [7, 11) is 1.39. The molecule has 4 rings (SSSR count). The fraction of sp³-hybridized carbons (Fsp3) is 0.208. The van der Waals surface area contributed by atoms with Crippen LogP contribution in [-0.2, 0) is 11.3 Å². The highest BCUT2D eigenvalue weighted by Gasteiger charge is 2.31. The zero-order valence-electron chi connectivity index (χ0n) is 16.5. The van der Waals surface area contributed by atoms with E-state index in [1.807, 2.05) is 60.7 Å². The number of ether oxygens (including phenoxy) is 2. The monoisotopic (exact) mass is 423 g/mol. The van der Waals surface area contributed by atoms with Crippen molar-refractivity contribution in [1.29, 1.82) is 0 Å². The predicted molar refractivity (Wildman–Crippen MR) is 117 cm³/mol. The number of nitrogens with zero attached hydrogens (tertiary/aromatic N) is 1. The van der Waals surface area contributed by atoms with Gasteiger partial charge in [-0.25, -0.2) is 4.79 Å². The Hall–Kier alpha value is -3.02. The Balaban J connectivity index is 1.57. The summed E-state index contributed by atoms with van der Waals surface area (Å²) in [5.74, 6) is 0.400. The molecule has 3 aromatic rings. The Bertz CT molecular complexity index is 1030. The van der Waals surface area contributed by atoms with Gasteiger partial charge in [-0.2, -0.15) is 0 Å². The first-order chi connectivity index (χ1) is 14.6. The van der Waals surface area contributed by atoms with Crippen LogP contribution in [0.3, 0.4) is 0 Å².